The quantitative estimate of drug-likeness (QED) is 0.634. The molecule has 23 heavy (non-hydrogen) atoms. The summed E-state index contributed by atoms with van der Waals surface area (Å²) in [6, 6.07) is 9.25. The lowest BCUT2D eigenvalue weighted by Crippen LogP contribution is -2.56. The number of hydrogen-bond acceptors (Lipinski definition) is 5. The standard InChI is InChI=1S/C15H12ClN3O4/c16-12-5-3-7-17-14(12)23-10-8-18(9-10)15(20)11-4-1-2-6-13(11)19(21)22/h1-7,10H,8-9H2. The van der Waals surface area contributed by atoms with Gasteiger partial charge in [-0.15, -0.1) is 0 Å². The molecule has 0 atom stereocenters. The van der Waals surface area contributed by atoms with Crippen molar-refractivity contribution in [2.24, 2.45) is 0 Å². The van der Waals surface area contributed by atoms with E-state index in [0.29, 0.717) is 24.0 Å². The summed E-state index contributed by atoms with van der Waals surface area (Å²) in [6.07, 6.45) is 1.34. The number of benzene rings is 1. The van der Waals surface area contributed by atoms with Gasteiger partial charge in [0.05, 0.1) is 18.0 Å². The van der Waals surface area contributed by atoms with Crippen LogP contribution in [0.25, 0.3) is 0 Å². The second-order valence-corrected chi connectivity index (χ2v) is 5.42. The number of ether oxygens (including phenoxy) is 1. The summed E-state index contributed by atoms with van der Waals surface area (Å²) in [5.74, 6) is -0.0683. The normalized spacial score (nSPS) is 14.2. The van der Waals surface area contributed by atoms with E-state index in [4.69, 9.17) is 16.3 Å². The number of nitro benzene ring substituents is 1. The second kappa shape index (κ2) is 6.21. The minimum atomic E-state index is -0.561. The monoisotopic (exact) mass is 333 g/mol. The third-order valence-corrected chi connectivity index (χ3v) is 3.76. The molecule has 1 aliphatic rings. The van der Waals surface area contributed by atoms with Gasteiger partial charge in [-0.05, 0) is 18.2 Å². The number of rotatable bonds is 4. The molecule has 0 N–H and O–H groups in total. The molecule has 2 heterocycles. The molecule has 1 fully saturated rings. The molecule has 0 bridgehead atoms. The summed E-state index contributed by atoms with van der Waals surface area (Å²) in [6.45, 7) is 0.662. The van der Waals surface area contributed by atoms with Gasteiger partial charge in [0.25, 0.3) is 11.6 Å². The highest BCUT2D eigenvalue weighted by molar-refractivity contribution is 6.31. The van der Waals surface area contributed by atoms with Crippen molar-refractivity contribution < 1.29 is 14.5 Å². The van der Waals surface area contributed by atoms with Crippen molar-refractivity contribution in [1.82, 2.24) is 9.88 Å². The number of likely N-dealkylation sites (tertiary alicyclic amines) is 1. The van der Waals surface area contributed by atoms with Gasteiger partial charge in [-0.2, -0.15) is 0 Å². The number of halogens is 1. The highest BCUT2D eigenvalue weighted by Crippen LogP contribution is 2.26. The number of para-hydroxylation sites is 1. The van der Waals surface area contributed by atoms with Gasteiger partial charge < -0.3 is 9.64 Å². The second-order valence-electron chi connectivity index (χ2n) is 5.01. The fraction of sp³-hybridized carbons (Fsp3) is 0.200. The molecule has 0 spiro atoms. The molecule has 118 valence electrons. The van der Waals surface area contributed by atoms with Crippen LogP contribution in [0.4, 0.5) is 5.69 Å². The lowest BCUT2D eigenvalue weighted by atomic mass is 10.1. The molecule has 3 rings (SSSR count). The third kappa shape index (κ3) is 3.09. The van der Waals surface area contributed by atoms with Gasteiger partial charge in [-0.3, -0.25) is 14.9 Å². The molecule has 0 unspecified atom stereocenters. The van der Waals surface area contributed by atoms with E-state index in [0.717, 1.165) is 0 Å². The van der Waals surface area contributed by atoms with Gasteiger partial charge in [0.15, 0.2) is 0 Å². The Morgan fingerprint density at radius 3 is 2.74 bits per heavy atom. The van der Waals surface area contributed by atoms with Crippen LogP contribution in [-0.4, -0.2) is 39.9 Å². The largest absolute Gasteiger partial charge is 0.470 e. The zero-order chi connectivity index (χ0) is 16.4. The number of nitro groups is 1. The maximum atomic E-state index is 12.3. The van der Waals surface area contributed by atoms with Crippen LogP contribution in [0.1, 0.15) is 10.4 Å². The molecule has 0 radical (unpaired) electrons. The van der Waals surface area contributed by atoms with Crippen molar-refractivity contribution in [3.63, 3.8) is 0 Å². The average Bonchev–Trinajstić information content (AvgIpc) is 2.51. The molecule has 0 aliphatic carbocycles. The Kier molecular flexibility index (Phi) is 4.12. The fourth-order valence-electron chi connectivity index (χ4n) is 2.28. The Morgan fingerprint density at radius 1 is 1.30 bits per heavy atom. The Balaban J connectivity index is 1.65. The molecule has 1 aromatic heterocycles. The van der Waals surface area contributed by atoms with Crippen LogP contribution in [0.15, 0.2) is 42.6 Å². The molecular formula is C15H12ClN3O4. The van der Waals surface area contributed by atoms with Crippen LogP contribution in [0.5, 0.6) is 5.88 Å². The van der Waals surface area contributed by atoms with Crippen molar-refractivity contribution in [1.29, 1.82) is 0 Å². The molecule has 1 saturated heterocycles. The van der Waals surface area contributed by atoms with Gasteiger partial charge in [-0.25, -0.2) is 4.98 Å². The van der Waals surface area contributed by atoms with Crippen molar-refractivity contribution >= 4 is 23.2 Å². The number of carbonyl (C=O) groups excluding carboxylic acids is 1. The van der Waals surface area contributed by atoms with Crippen LogP contribution in [0, 0.1) is 10.1 Å². The van der Waals surface area contributed by atoms with Crippen molar-refractivity contribution in [2.75, 3.05) is 13.1 Å². The van der Waals surface area contributed by atoms with E-state index < -0.39 is 4.92 Å². The Bertz CT molecular complexity index is 762. The van der Waals surface area contributed by atoms with Crippen molar-refractivity contribution in [2.45, 2.75) is 6.10 Å². The first-order valence-electron chi connectivity index (χ1n) is 6.86. The van der Waals surface area contributed by atoms with E-state index in [9.17, 15) is 14.9 Å². The van der Waals surface area contributed by atoms with E-state index in [1.54, 1.807) is 24.4 Å². The molecule has 0 saturated carbocycles. The number of amides is 1. The SMILES string of the molecule is O=C(c1ccccc1[N+](=O)[O-])N1CC(Oc2ncccc2Cl)C1. The van der Waals surface area contributed by atoms with Gasteiger partial charge in [0.1, 0.15) is 16.7 Å². The van der Waals surface area contributed by atoms with E-state index in [2.05, 4.69) is 4.98 Å². The van der Waals surface area contributed by atoms with Gasteiger partial charge in [0.2, 0.25) is 5.88 Å². The zero-order valence-electron chi connectivity index (χ0n) is 11.9. The van der Waals surface area contributed by atoms with E-state index in [1.807, 2.05) is 0 Å². The maximum absolute atomic E-state index is 12.3. The van der Waals surface area contributed by atoms with Crippen molar-refractivity contribution in [3.8, 4) is 5.88 Å². The topological polar surface area (TPSA) is 85.6 Å². The maximum Gasteiger partial charge on any atom is 0.282 e. The van der Waals surface area contributed by atoms with Crippen LogP contribution in [0.2, 0.25) is 5.02 Å². The highest BCUT2D eigenvalue weighted by atomic mass is 35.5. The Hall–Kier alpha value is -2.67. The first kappa shape index (κ1) is 15.2. The number of hydrogen-bond donors (Lipinski definition) is 0. The number of aromatic nitrogens is 1. The van der Waals surface area contributed by atoms with Crippen LogP contribution < -0.4 is 4.74 Å². The van der Waals surface area contributed by atoms with Crippen molar-refractivity contribution in [3.05, 3.63) is 63.3 Å². The molecule has 1 amide bonds. The van der Waals surface area contributed by atoms with Crippen LogP contribution in [-0.2, 0) is 0 Å². The predicted octanol–water partition coefficient (Wildman–Crippen LogP) is 2.55. The molecule has 7 nitrogen and oxygen atoms in total. The number of pyridine rings is 1. The van der Waals surface area contributed by atoms with E-state index >= 15 is 0 Å². The lowest BCUT2D eigenvalue weighted by Gasteiger charge is -2.38. The minimum absolute atomic E-state index is 0.0758. The molecule has 1 aliphatic heterocycles. The lowest BCUT2D eigenvalue weighted by molar-refractivity contribution is -0.385. The first-order valence-corrected chi connectivity index (χ1v) is 7.24. The first-order chi connectivity index (χ1) is 11.1. The predicted molar refractivity (Wildman–Crippen MR) is 82.7 cm³/mol. The summed E-state index contributed by atoms with van der Waals surface area (Å²) < 4.78 is 5.60. The molecule has 1 aromatic carbocycles. The summed E-state index contributed by atoms with van der Waals surface area (Å²) in [4.78, 5) is 28.3. The summed E-state index contributed by atoms with van der Waals surface area (Å²) in [5.41, 5.74) is -0.124. The Morgan fingerprint density at radius 2 is 2.04 bits per heavy atom. The number of nitrogens with zero attached hydrogens (tertiary/aromatic N) is 3. The van der Waals surface area contributed by atoms with Crippen LogP contribution in [0.3, 0.4) is 0 Å². The average molecular weight is 334 g/mol. The highest BCUT2D eigenvalue weighted by Gasteiger charge is 2.35. The fourth-order valence-corrected chi connectivity index (χ4v) is 2.44. The van der Waals surface area contributed by atoms with Gasteiger partial charge in [-0.1, -0.05) is 23.7 Å². The van der Waals surface area contributed by atoms with Gasteiger partial charge >= 0.3 is 0 Å². The Labute approximate surface area is 136 Å². The molecule has 2 aromatic rings. The zero-order valence-corrected chi connectivity index (χ0v) is 12.6. The smallest absolute Gasteiger partial charge is 0.282 e. The van der Waals surface area contributed by atoms with Gasteiger partial charge in [0, 0.05) is 12.3 Å². The summed E-state index contributed by atoms with van der Waals surface area (Å²) >= 11 is 5.96. The van der Waals surface area contributed by atoms with E-state index in [-0.39, 0.29) is 23.3 Å². The third-order valence-electron chi connectivity index (χ3n) is 3.47. The van der Waals surface area contributed by atoms with E-state index in [1.165, 1.54) is 23.1 Å². The molecule has 8 heteroatoms. The summed E-state index contributed by atoms with van der Waals surface area (Å²) in [7, 11) is 0. The minimum Gasteiger partial charge on any atom is -0.470 e. The molecular weight excluding hydrogens is 322 g/mol. The number of carbonyl (C=O) groups is 1. The van der Waals surface area contributed by atoms with Crippen LogP contribution >= 0.6 is 11.6 Å². The summed E-state index contributed by atoms with van der Waals surface area (Å²) in [5, 5.41) is 11.4.